The lowest BCUT2D eigenvalue weighted by atomic mass is 9.68. The maximum atomic E-state index is 13.4. The van der Waals surface area contributed by atoms with Gasteiger partial charge in [-0.2, -0.15) is 0 Å². The Bertz CT molecular complexity index is 752. The molecule has 6 rings (SSSR count). The molecule has 2 heterocycles. The third-order valence-electron chi connectivity index (χ3n) is 10.5. The highest BCUT2D eigenvalue weighted by Crippen LogP contribution is 2.62. The van der Waals surface area contributed by atoms with Crippen molar-refractivity contribution in [2.24, 2.45) is 40.9 Å². The summed E-state index contributed by atoms with van der Waals surface area (Å²) in [7, 11) is -6.15. The maximum Gasteiger partial charge on any atom is 0.331 e. The third-order valence-corrected chi connectivity index (χ3v) is 14.5. The molecular formula is C27H46O6P2. The van der Waals surface area contributed by atoms with E-state index in [1.165, 1.54) is 77.0 Å². The summed E-state index contributed by atoms with van der Waals surface area (Å²) >= 11 is 0. The molecule has 2 saturated heterocycles. The Hall–Kier alpha value is 0.300. The molecule has 0 aromatic heterocycles. The summed E-state index contributed by atoms with van der Waals surface area (Å²) in [6.45, 7) is 1.26. The summed E-state index contributed by atoms with van der Waals surface area (Å²) < 4.78 is 50.7. The Kier molecular flexibility index (Phi) is 7.64. The normalized spacial score (nSPS) is 50.9. The quantitative estimate of drug-likeness (QED) is 0.349. The van der Waals surface area contributed by atoms with Gasteiger partial charge in [-0.3, -0.25) is 9.13 Å². The van der Waals surface area contributed by atoms with Crippen LogP contribution in [0.2, 0.25) is 0 Å². The molecule has 4 saturated carbocycles. The van der Waals surface area contributed by atoms with Gasteiger partial charge in [-0.25, -0.2) is 0 Å². The van der Waals surface area contributed by atoms with Crippen molar-refractivity contribution in [3.8, 4) is 0 Å². The molecule has 0 N–H and O–H groups in total. The first-order valence-electron chi connectivity index (χ1n) is 14.7. The van der Waals surface area contributed by atoms with E-state index in [-0.39, 0.29) is 0 Å². The zero-order valence-corrected chi connectivity index (χ0v) is 23.2. The smallest absolute Gasteiger partial charge is 0.308 e. The zero-order valence-electron chi connectivity index (χ0n) is 21.5. The van der Waals surface area contributed by atoms with Gasteiger partial charge in [0.2, 0.25) is 0 Å². The number of fused-ring (bicyclic) bond motifs is 2. The fourth-order valence-electron chi connectivity index (χ4n) is 8.38. The molecule has 35 heavy (non-hydrogen) atoms. The topological polar surface area (TPSA) is 71.1 Å². The first kappa shape index (κ1) is 25.6. The van der Waals surface area contributed by atoms with Crippen LogP contribution in [0, 0.1) is 40.9 Å². The summed E-state index contributed by atoms with van der Waals surface area (Å²) in [4.78, 5) is 0. The molecule has 0 bridgehead atoms. The van der Waals surface area contributed by atoms with Crippen molar-refractivity contribution >= 4 is 15.2 Å². The molecule has 6 unspecified atom stereocenters. The minimum absolute atomic E-state index is 0.316. The van der Waals surface area contributed by atoms with Crippen LogP contribution in [0.4, 0.5) is 0 Å². The summed E-state index contributed by atoms with van der Waals surface area (Å²) in [5, 5.41) is 0. The minimum atomic E-state index is -3.08. The van der Waals surface area contributed by atoms with Crippen LogP contribution in [0.15, 0.2) is 0 Å². The van der Waals surface area contributed by atoms with Crippen LogP contribution < -0.4 is 0 Å². The fourth-order valence-corrected chi connectivity index (χ4v) is 12.8. The molecular weight excluding hydrogens is 482 g/mol. The second kappa shape index (κ2) is 10.5. The highest BCUT2D eigenvalue weighted by Gasteiger charge is 2.50. The Morgan fingerprint density at radius 1 is 0.514 bits per heavy atom. The van der Waals surface area contributed by atoms with Gasteiger partial charge in [0.15, 0.2) is 0 Å². The van der Waals surface area contributed by atoms with Gasteiger partial charge in [0, 0.05) is 0 Å². The lowest BCUT2D eigenvalue weighted by Gasteiger charge is -2.45. The average molecular weight is 529 g/mol. The molecule has 4 aliphatic carbocycles. The summed E-state index contributed by atoms with van der Waals surface area (Å²) in [5.41, 5.74) is -0.482. The van der Waals surface area contributed by atoms with Crippen LogP contribution >= 0.6 is 15.2 Å². The molecule has 2 aliphatic heterocycles. The number of hydrogen-bond acceptors (Lipinski definition) is 6. The summed E-state index contributed by atoms with van der Waals surface area (Å²) in [6, 6.07) is 0. The van der Waals surface area contributed by atoms with E-state index in [1.807, 2.05) is 0 Å². The van der Waals surface area contributed by atoms with Crippen molar-refractivity contribution in [2.45, 2.75) is 89.9 Å². The van der Waals surface area contributed by atoms with E-state index >= 15 is 0 Å². The summed E-state index contributed by atoms with van der Waals surface area (Å²) in [6.07, 6.45) is 19.3. The van der Waals surface area contributed by atoms with Crippen LogP contribution in [0.1, 0.15) is 89.9 Å². The fraction of sp³-hybridized carbons (Fsp3) is 1.00. The molecule has 6 fully saturated rings. The zero-order chi connectivity index (χ0) is 23.9. The van der Waals surface area contributed by atoms with Crippen LogP contribution in [0.3, 0.4) is 0 Å². The predicted octanol–water partition coefficient (Wildman–Crippen LogP) is 7.67. The van der Waals surface area contributed by atoms with Crippen molar-refractivity contribution in [3.63, 3.8) is 0 Å². The Morgan fingerprint density at radius 2 is 0.886 bits per heavy atom. The Morgan fingerprint density at radius 3 is 1.29 bits per heavy atom. The van der Waals surface area contributed by atoms with E-state index < -0.39 is 20.6 Å². The molecule has 1 spiro atoms. The molecule has 6 nitrogen and oxygen atoms in total. The minimum Gasteiger partial charge on any atom is -0.308 e. The van der Waals surface area contributed by atoms with E-state index in [0.717, 1.165) is 36.5 Å². The predicted molar refractivity (Wildman–Crippen MR) is 137 cm³/mol. The van der Waals surface area contributed by atoms with Crippen LogP contribution in [0.5, 0.6) is 0 Å². The highest BCUT2D eigenvalue weighted by atomic mass is 31.2. The van der Waals surface area contributed by atoms with E-state index in [9.17, 15) is 9.13 Å². The first-order valence-corrected chi connectivity index (χ1v) is 18.1. The second-order valence-electron chi connectivity index (χ2n) is 13.1. The molecule has 8 heteroatoms. The largest absolute Gasteiger partial charge is 0.331 e. The molecule has 200 valence electrons. The highest BCUT2D eigenvalue weighted by molar-refractivity contribution is 7.54. The number of rotatable bonds is 4. The van der Waals surface area contributed by atoms with Crippen LogP contribution in [-0.2, 0) is 27.2 Å². The molecule has 0 aromatic carbocycles. The van der Waals surface area contributed by atoms with Gasteiger partial charge in [-0.1, -0.05) is 51.4 Å². The van der Waals surface area contributed by atoms with Gasteiger partial charge in [-0.05, 0) is 74.0 Å². The third kappa shape index (κ3) is 5.84. The van der Waals surface area contributed by atoms with E-state index in [2.05, 4.69) is 0 Å². The standard InChI is InChI=1S/C27H46O6P2/c28-34(15-21-9-11-23-5-1-3-7-25(23)13-21)30-17-27(18-31-34)19-32-35(29,33-20-27)16-22-10-12-24-6-2-4-8-26(24)14-22/h21-26H,1-20H2. The summed E-state index contributed by atoms with van der Waals surface area (Å²) in [5.74, 6) is 4.31. The monoisotopic (exact) mass is 528 g/mol. The van der Waals surface area contributed by atoms with Crippen molar-refractivity contribution in [3.05, 3.63) is 0 Å². The Balaban J connectivity index is 0.972. The van der Waals surface area contributed by atoms with Crippen LogP contribution in [0.25, 0.3) is 0 Å². The van der Waals surface area contributed by atoms with Crippen molar-refractivity contribution in [1.29, 1.82) is 0 Å². The molecule has 0 aromatic rings. The molecule has 0 radical (unpaired) electrons. The van der Waals surface area contributed by atoms with Gasteiger partial charge in [0.25, 0.3) is 0 Å². The lowest BCUT2D eigenvalue weighted by molar-refractivity contribution is -0.0698. The van der Waals surface area contributed by atoms with Gasteiger partial charge in [0.05, 0.1) is 44.2 Å². The average Bonchev–Trinajstić information content (AvgIpc) is 2.88. The van der Waals surface area contributed by atoms with Gasteiger partial charge >= 0.3 is 15.2 Å². The first-order chi connectivity index (χ1) is 16.9. The second-order valence-corrected chi connectivity index (χ2v) is 17.4. The molecule has 0 amide bonds. The van der Waals surface area contributed by atoms with Crippen molar-refractivity contribution < 1.29 is 27.2 Å². The lowest BCUT2D eigenvalue weighted by Crippen LogP contribution is -2.46. The van der Waals surface area contributed by atoms with Gasteiger partial charge in [0.1, 0.15) is 0 Å². The number of hydrogen-bond donors (Lipinski definition) is 0. The van der Waals surface area contributed by atoms with E-state index in [4.69, 9.17) is 18.1 Å². The van der Waals surface area contributed by atoms with Crippen LogP contribution in [-0.4, -0.2) is 38.8 Å². The van der Waals surface area contributed by atoms with Gasteiger partial charge < -0.3 is 18.1 Å². The van der Waals surface area contributed by atoms with Gasteiger partial charge in [-0.15, -0.1) is 0 Å². The van der Waals surface area contributed by atoms with Crippen molar-refractivity contribution in [1.82, 2.24) is 0 Å². The Labute approximate surface area is 212 Å². The van der Waals surface area contributed by atoms with Crippen molar-refractivity contribution in [2.75, 3.05) is 38.8 Å². The maximum absolute atomic E-state index is 13.4. The van der Waals surface area contributed by atoms with E-state index in [0.29, 0.717) is 50.6 Å². The molecule has 6 atom stereocenters. The SMILES string of the molecule is O=P1(CC2CCC3CCCCC3C2)OCC2(CO1)COP(=O)(CC1CCC3CCCCC3C1)OC2. The van der Waals surface area contributed by atoms with E-state index in [1.54, 1.807) is 0 Å². The molecule has 6 aliphatic rings.